The highest BCUT2D eigenvalue weighted by atomic mass is 19.4. The van der Waals surface area contributed by atoms with E-state index < -0.39 is 23.6 Å². The van der Waals surface area contributed by atoms with Crippen LogP contribution in [0, 0.1) is 5.82 Å². The monoisotopic (exact) mass is 424 g/mol. The summed E-state index contributed by atoms with van der Waals surface area (Å²) in [5.41, 5.74) is 4.65. The van der Waals surface area contributed by atoms with Crippen molar-refractivity contribution < 1.29 is 26.8 Å². The SMILES string of the molecule is NC(CCCCCC(=O)c1ncco1)c1ncc(-c2cccc(C(F)(F)F)c2F)[nH]1. The largest absolute Gasteiger partial charge is 0.442 e. The maximum atomic E-state index is 14.3. The van der Waals surface area contributed by atoms with E-state index in [2.05, 4.69) is 15.0 Å². The molecule has 1 unspecified atom stereocenters. The molecular formula is C20H20F4N4O2. The van der Waals surface area contributed by atoms with Gasteiger partial charge in [0.15, 0.2) is 0 Å². The number of nitrogens with one attached hydrogen (secondary N) is 1. The molecule has 0 spiro atoms. The Morgan fingerprint density at radius 3 is 2.70 bits per heavy atom. The van der Waals surface area contributed by atoms with Gasteiger partial charge in [-0.15, -0.1) is 0 Å². The third-order valence-corrected chi connectivity index (χ3v) is 4.63. The first-order valence-corrected chi connectivity index (χ1v) is 9.36. The van der Waals surface area contributed by atoms with E-state index in [1.807, 2.05) is 0 Å². The number of aromatic amines is 1. The number of aromatic nitrogens is 3. The smallest absolute Gasteiger partial charge is 0.419 e. The maximum absolute atomic E-state index is 14.3. The molecule has 2 heterocycles. The molecule has 10 heteroatoms. The predicted molar refractivity (Wildman–Crippen MR) is 99.8 cm³/mol. The van der Waals surface area contributed by atoms with E-state index in [0.29, 0.717) is 37.6 Å². The molecule has 2 aromatic heterocycles. The zero-order valence-electron chi connectivity index (χ0n) is 15.9. The van der Waals surface area contributed by atoms with Gasteiger partial charge in [0.25, 0.3) is 5.89 Å². The zero-order chi connectivity index (χ0) is 21.7. The summed E-state index contributed by atoms with van der Waals surface area (Å²) in [6, 6.07) is 2.59. The first kappa shape index (κ1) is 21.7. The van der Waals surface area contributed by atoms with Crippen molar-refractivity contribution in [3.63, 3.8) is 0 Å². The number of benzene rings is 1. The average Bonchev–Trinajstić information content (AvgIpc) is 3.39. The van der Waals surface area contributed by atoms with Crippen LogP contribution in [-0.4, -0.2) is 20.7 Å². The summed E-state index contributed by atoms with van der Waals surface area (Å²) >= 11 is 0. The average molecular weight is 424 g/mol. The van der Waals surface area contributed by atoms with Crippen molar-refractivity contribution in [1.29, 1.82) is 0 Å². The molecule has 0 fully saturated rings. The molecule has 30 heavy (non-hydrogen) atoms. The number of nitrogens with zero attached hydrogens (tertiary/aromatic N) is 2. The van der Waals surface area contributed by atoms with Crippen molar-refractivity contribution in [2.75, 3.05) is 0 Å². The van der Waals surface area contributed by atoms with Crippen LogP contribution < -0.4 is 5.73 Å². The van der Waals surface area contributed by atoms with Crippen LogP contribution in [0.4, 0.5) is 17.6 Å². The molecule has 6 nitrogen and oxygen atoms in total. The van der Waals surface area contributed by atoms with Gasteiger partial charge in [-0.3, -0.25) is 4.79 Å². The summed E-state index contributed by atoms with van der Waals surface area (Å²) in [5.74, 6) is -1.07. The molecule has 0 aliphatic rings. The van der Waals surface area contributed by atoms with Gasteiger partial charge in [-0.2, -0.15) is 13.2 Å². The van der Waals surface area contributed by atoms with E-state index in [1.165, 1.54) is 24.7 Å². The molecule has 1 aromatic carbocycles. The Bertz CT molecular complexity index is 983. The van der Waals surface area contributed by atoms with Crippen LogP contribution in [0.5, 0.6) is 0 Å². The molecule has 0 aliphatic heterocycles. The van der Waals surface area contributed by atoms with E-state index in [4.69, 9.17) is 10.2 Å². The Balaban J connectivity index is 1.53. The summed E-state index contributed by atoms with van der Waals surface area (Å²) in [7, 11) is 0. The first-order chi connectivity index (χ1) is 14.3. The van der Waals surface area contributed by atoms with Gasteiger partial charge in [0.2, 0.25) is 5.78 Å². The third-order valence-electron chi connectivity index (χ3n) is 4.63. The predicted octanol–water partition coefficient (Wildman–Crippen LogP) is 5.06. The summed E-state index contributed by atoms with van der Waals surface area (Å²) < 4.78 is 57.9. The van der Waals surface area contributed by atoms with Gasteiger partial charge in [-0.25, -0.2) is 14.4 Å². The van der Waals surface area contributed by atoms with E-state index in [9.17, 15) is 22.4 Å². The lowest BCUT2D eigenvalue weighted by molar-refractivity contribution is -0.139. The summed E-state index contributed by atoms with van der Waals surface area (Å²) in [4.78, 5) is 22.5. The van der Waals surface area contributed by atoms with Gasteiger partial charge in [0.1, 0.15) is 17.9 Å². The number of carbonyl (C=O) groups is 1. The number of oxazole rings is 1. The third kappa shape index (κ3) is 5.12. The molecular weight excluding hydrogens is 404 g/mol. The maximum Gasteiger partial charge on any atom is 0.419 e. The lowest BCUT2D eigenvalue weighted by Gasteiger charge is -2.11. The molecule has 3 N–H and O–H groups in total. The molecule has 1 atom stereocenters. The van der Waals surface area contributed by atoms with Crippen molar-refractivity contribution >= 4 is 5.78 Å². The standard InChI is InChI=1S/C20H20F4N4O2/c21-17-12(5-4-6-13(17)20(22,23)24)15-11-27-18(28-15)14(25)7-2-1-3-8-16(29)19-26-9-10-30-19/h4-6,9-11,14H,1-3,7-8,25H2,(H,27,28). The van der Waals surface area contributed by atoms with Crippen molar-refractivity contribution in [2.45, 2.75) is 44.3 Å². The van der Waals surface area contributed by atoms with Gasteiger partial charge in [-0.05, 0) is 25.0 Å². The van der Waals surface area contributed by atoms with Crippen molar-refractivity contribution in [2.24, 2.45) is 5.73 Å². The minimum Gasteiger partial charge on any atom is -0.442 e. The second-order valence-corrected chi connectivity index (χ2v) is 6.81. The second-order valence-electron chi connectivity index (χ2n) is 6.81. The van der Waals surface area contributed by atoms with Crippen LogP contribution in [-0.2, 0) is 6.18 Å². The van der Waals surface area contributed by atoms with Gasteiger partial charge >= 0.3 is 6.18 Å². The van der Waals surface area contributed by atoms with E-state index >= 15 is 0 Å². The molecule has 0 aliphatic carbocycles. The number of nitrogens with two attached hydrogens (primary N) is 1. The van der Waals surface area contributed by atoms with Crippen LogP contribution in [0.2, 0.25) is 0 Å². The number of halogens is 4. The number of hydrogen-bond acceptors (Lipinski definition) is 5. The first-order valence-electron chi connectivity index (χ1n) is 9.36. The Kier molecular flexibility index (Phi) is 6.66. The fourth-order valence-electron chi connectivity index (χ4n) is 3.05. The Labute approximate surface area is 169 Å². The Morgan fingerprint density at radius 1 is 1.20 bits per heavy atom. The fraction of sp³-hybridized carbons (Fsp3) is 0.350. The number of ketones is 1. The molecule has 0 saturated carbocycles. The number of Topliss-reactive ketones (excluding diaryl/α,β-unsaturated/α-hetero) is 1. The van der Waals surface area contributed by atoms with Crippen LogP contribution >= 0.6 is 0 Å². The fourth-order valence-corrected chi connectivity index (χ4v) is 3.05. The van der Waals surface area contributed by atoms with Gasteiger partial charge < -0.3 is 15.1 Å². The minimum atomic E-state index is -4.78. The molecule has 0 radical (unpaired) electrons. The normalized spacial score (nSPS) is 12.8. The summed E-state index contributed by atoms with van der Waals surface area (Å²) in [6.45, 7) is 0. The van der Waals surface area contributed by atoms with E-state index in [1.54, 1.807) is 0 Å². The number of carbonyl (C=O) groups excluding carboxylic acids is 1. The van der Waals surface area contributed by atoms with E-state index in [0.717, 1.165) is 12.5 Å². The second kappa shape index (κ2) is 9.21. The molecule has 0 amide bonds. The van der Waals surface area contributed by atoms with Crippen molar-refractivity contribution in [3.05, 3.63) is 60.0 Å². The number of alkyl halides is 3. The van der Waals surface area contributed by atoms with Gasteiger partial charge in [-0.1, -0.05) is 18.9 Å². The minimum absolute atomic E-state index is 0.0941. The Hall–Kier alpha value is -3.01. The van der Waals surface area contributed by atoms with Gasteiger partial charge in [0, 0.05) is 12.0 Å². The highest BCUT2D eigenvalue weighted by Gasteiger charge is 2.35. The van der Waals surface area contributed by atoms with Crippen LogP contribution in [0.15, 0.2) is 41.3 Å². The number of imidazole rings is 1. The quantitative estimate of drug-likeness (QED) is 0.284. The van der Waals surface area contributed by atoms with Crippen molar-refractivity contribution in [1.82, 2.24) is 15.0 Å². The molecule has 0 saturated heterocycles. The van der Waals surface area contributed by atoms with Gasteiger partial charge in [0.05, 0.1) is 29.7 Å². The molecule has 3 rings (SSSR count). The Morgan fingerprint density at radius 2 is 2.00 bits per heavy atom. The lowest BCUT2D eigenvalue weighted by atomic mass is 10.1. The highest BCUT2D eigenvalue weighted by molar-refractivity contribution is 5.91. The van der Waals surface area contributed by atoms with Crippen molar-refractivity contribution in [3.8, 4) is 11.3 Å². The van der Waals surface area contributed by atoms with Crippen LogP contribution in [0.25, 0.3) is 11.3 Å². The molecule has 3 aromatic rings. The number of unbranched alkanes of at least 4 members (excludes halogenated alkanes) is 2. The summed E-state index contributed by atoms with van der Waals surface area (Å²) in [5, 5.41) is 0. The van der Waals surface area contributed by atoms with E-state index in [-0.39, 0.29) is 22.9 Å². The van der Waals surface area contributed by atoms with Crippen LogP contribution in [0.1, 0.15) is 60.2 Å². The lowest BCUT2D eigenvalue weighted by Crippen LogP contribution is -2.12. The number of rotatable bonds is 9. The highest BCUT2D eigenvalue weighted by Crippen LogP contribution is 2.35. The topological polar surface area (TPSA) is 97.8 Å². The number of H-pyrrole nitrogens is 1. The molecule has 0 bridgehead atoms. The number of hydrogen-bond donors (Lipinski definition) is 2. The summed E-state index contributed by atoms with van der Waals surface area (Å²) in [6.07, 6.45) is 2.21. The molecule has 160 valence electrons. The zero-order valence-corrected chi connectivity index (χ0v) is 15.9. The van der Waals surface area contributed by atoms with Crippen LogP contribution in [0.3, 0.4) is 0 Å².